The number of rotatable bonds is 9. The molecule has 30 heavy (non-hydrogen) atoms. The zero-order valence-electron chi connectivity index (χ0n) is 17.7. The first kappa shape index (κ1) is 20.6. The van der Waals surface area contributed by atoms with Gasteiger partial charge in [-0.25, -0.2) is 4.98 Å². The molecule has 4 rings (SSSR count). The molecule has 0 N–H and O–H groups in total. The third kappa shape index (κ3) is 5.10. The fraction of sp³-hybridized carbons (Fsp3) is 0.280. The van der Waals surface area contributed by atoms with Crippen LogP contribution in [0.1, 0.15) is 16.8 Å². The summed E-state index contributed by atoms with van der Waals surface area (Å²) in [6.07, 6.45) is 4.81. The molecule has 0 spiro atoms. The van der Waals surface area contributed by atoms with E-state index in [-0.39, 0.29) is 0 Å². The smallest absolute Gasteiger partial charge is 0.0961 e. The van der Waals surface area contributed by atoms with Gasteiger partial charge >= 0.3 is 0 Å². The van der Waals surface area contributed by atoms with Crippen molar-refractivity contribution in [3.05, 3.63) is 90.0 Å². The molecule has 4 nitrogen and oxygen atoms in total. The van der Waals surface area contributed by atoms with Gasteiger partial charge in [-0.3, -0.25) is 4.98 Å². The predicted molar refractivity (Wildman–Crippen MR) is 126 cm³/mol. The molecule has 0 fully saturated rings. The van der Waals surface area contributed by atoms with Crippen molar-refractivity contribution in [1.82, 2.24) is 19.4 Å². The number of imidazole rings is 1. The molecule has 0 saturated heterocycles. The lowest BCUT2D eigenvalue weighted by Gasteiger charge is -2.17. The molecule has 154 valence electrons. The van der Waals surface area contributed by atoms with Crippen LogP contribution in [0.15, 0.2) is 78.1 Å². The van der Waals surface area contributed by atoms with Crippen molar-refractivity contribution in [1.29, 1.82) is 0 Å². The predicted octanol–water partition coefficient (Wildman–Crippen LogP) is 5.05. The van der Waals surface area contributed by atoms with Gasteiger partial charge in [-0.2, -0.15) is 0 Å². The Bertz CT molecular complexity index is 1090. The average Bonchev–Trinajstić information content (AvgIpc) is 3.18. The monoisotopic (exact) mass is 416 g/mol. The number of thioether (sulfide) groups is 1. The van der Waals surface area contributed by atoms with Crippen LogP contribution in [-0.2, 0) is 13.0 Å². The van der Waals surface area contributed by atoms with E-state index in [4.69, 9.17) is 0 Å². The van der Waals surface area contributed by atoms with Crippen molar-refractivity contribution >= 4 is 22.8 Å². The number of hydrogen-bond acceptors (Lipinski definition) is 4. The number of nitrogens with zero attached hydrogens (tertiary/aromatic N) is 4. The van der Waals surface area contributed by atoms with Gasteiger partial charge in [0.1, 0.15) is 0 Å². The van der Waals surface area contributed by atoms with Crippen LogP contribution in [0, 0.1) is 6.92 Å². The molecule has 2 aromatic carbocycles. The van der Waals surface area contributed by atoms with Gasteiger partial charge < -0.3 is 9.47 Å². The fourth-order valence-electron chi connectivity index (χ4n) is 3.58. The van der Waals surface area contributed by atoms with Crippen LogP contribution in [-0.4, -0.2) is 45.3 Å². The Morgan fingerprint density at radius 2 is 1.80 bits per heavy atom. The van der Waals surface area contributed by atoms with Crippen molar-refractivity contribution in [2.24, 2.45) is 0 Å². The Morgan fingerprint density at radius 1 is 0.933 bits per heavy atom. The normalized spacial score (nSPS) is 11.4. The molecule has 0 amide bonds. The summed E-state index contributed by atoms with van der Waals surface area (Å²) in [5.74, 6) is 1.08. The summed E-state index contributed by atoms with van der Waals surface area (Å²) in [7, 11) is 2.19. The average molecular weight is 417 g/mol. The molecule has 0 aliphatic rings. The molecule has 0 radical (unpaired) electrons. The van der Waals surface area contributed by atoms with Crippen molar-refractivity contribution < 1.29 is 0 Å². The summed E-state index contributed by atoms with van der Waals surface area (Å²) in [5.41, 5.74) is 6.12. The number of para-hydroxylation sites is 2. The van der Waals surface area contributed by atoms with Crippen molar-refractivity contribution in [3.8, 4) is 0 Å². The fourth-order valence-corrected chi connectivity index (χ4v) is 4.73. The van der Waals surface area contributed by atoms with Gasteiger partial charge in [-0.05, 0) is 55.4 Å². The van der Waals surface area contributed by atoms with Gasteiger partial charge in [0.05, 0.1) is 17.4 Å². The molecular formula is C25H28N4S. The first-order valence-corrected chi connectivity index (χ1v) is 11.4. The van der Waals surface area contributed by atoms with Crippen LogP contribution in [0.4, 0.5) is 0 Å². The summed E-state index contributed by atoms with van der Waals surface area (Å²) in [6, 6.07) is 21.1. The zero-order valence-corrected chi connectivity index (χ0v) is 18.5. The maximum atomic E-state index is 4.52. The summed E-state index contributed by atoms with van der Waals surface area (Å²) in [5, 5.41) is 0. The molecule has 2 aromatic heterocycles. The van der Waals surface area contributed by atoms with Gasteiger partial charge in [-0.15, -0.1) is 11.8 Å². The quantitative estimate of drug-likeness (QED) is 0.357. The van der Waals surface area contributed by atoms with E-state index in [9.17, 15) is 0 Å². The molecule has 0 aliphatic carbocycles. The Balaban J connectivity index is 1.33. The van der Waals surface area contributed by atoms with Crippen LogP contribution in [0.2, 0.25) is 0 Å². The Labute approximate surface area is 183 Å². The molecule has 0 unspecified atom stereocenters. The number of fused-ring (bicyclic) bond motifs is 1. The summed E-state index contributed by atoms with van der Waals surface area (Å²) >= 11 is 1.95. The minimum atomic E-state index is 0.852. The molecule has 0 atom stereocenters. The molecule has 4 aromatic rings. The van der Waals surface area contributed by atoms with Gasteiger partial charge in [0.15, 0.2) is 0 Å². The maximum absolute atomic E-state index is 4.52. The molecular weight excluding hydrogens is 388 g/mol. The van der Waals surface area contributed by atoms with Gasteiger partial charge in [-0.1, -0.05) is 30.3 Å². The lowest BCUT2D eigenvalue weighted by atomic mass is 10.1. The number of aromatic nitrogens is 3. The van der Waals surface area contributed by atoms with Gasteiger partial charge in [0.25, 0.3) is 0 Å². The SMILES string of the molecule is Cc1c(Cn2cnc3ccccc32)cccc1SCCN(C)CCc1ccccn1. The summed E-state index contributed by atoms with van der Waals surface area (Å²) in [4.78, 5) is 12.7. The van der Waals surface area contributed by atoms with Crippen LogP contribution < -0.4 is 0 Å². The molecule has 5 heteroatoms. The summed E-state index contributed by atoms with van der Waals surface area (Å²) < 4.78 is 2.23. The van der Waals surface area contributed by atoms with E-state index in [2.05, 4.69) is 81.9 Å². The van der Waals surface area contributed by atoms with Crippen LogP contribution in [0.3, 0.4) is 0 Å². The third-order valence-electron chi connectivity index (χ3n) is 5.47. The van der Waals surface area contributed by atoms with Gasteiger partial charge in [0, 0.05) is 48.6 Å². The lowest BCUT2D eigenvalue weighted by molar-refractivity contribution is 0.359. The topological polar surface area (TPSA) is 34.0 Å². The van der Waals surface area contributed by atoms with E-state index >= 15 is 0 Å². The van der Waals surface area contributed by atoms with E-state index in [1.54, 1.807) is 0 Å². The highest BCUT2D eigenvalue weighted by molar-refractivity contribution is 7.99. The number of pyridine rings is 1. The van der Waals surface area contributed by atoms with E-state index < -0.39 is 0 Å². The van der Waals surface area contributed by atoms with Gasteiger partial charge in [0.2, 0.25) is 0 Å². The van der Waals surface area contributed by atoms with Crippen LogP contribution in [0.5, 0.6) is 0 Å². The van der Waals surface area contributed by atoms with E-state index in [0.29, 0.717) is 0 Å². The molecule has 0 aliphatic heterocycles. The van der Waals surface area contributed by atoms with Crippen molar-refractivity contribution in [3.63, 3.8) is 0 Å². The zero-order chi connectivity index (χ0) is 20.8. The molecule has 0 saturated carbocycles. The maximum Gasteiger partial charge on any atom is 0.0961 e. The Kier molecular flexibility index (Phi) is 6.82. The van der Waals surface area contributed by atoms with Crippen molar-refractivity contribution in [2.45, 2.75) is 24.8 Å². The summed E-state index contributed by atoms with van der Waals surface area (Å²) in [6.45, 7) is 5.18. The molecule has 0 bridgehead atoms. The number of hydrogen-bond donors (Lipinski definition) is 0. The second kappa shape index (κ2) is 9.92. The van der Waals surface area contributed by atoms with E-state index in [0.717, 1.165) is 43.0 Å². The second-order valence-electron chi connectivity index (χ2n) is 7.62. The standard InChI is InChI=1S/C25H28N4S/c1-20-21(18-29-19-27-23-10-3-4-11-24(23)29)8-7-12-25(20)30-17-16-28(2)15-13-22-9-5-6-14-26-22/h3-12,14,19H,13,15-18H2,1-2H3. The molecule has 2 heterocycles. The highest BCUT2D eigenvalue weighted by Crippen LogP contribution is 2.26. The van der Waals surface area contributed by atoms with E-state index in [1.807, 2.05) is 36.4 Å². The highest BCUT2D eigenvalue weighted by Gasteiger charge is 2.08. The second-order valence-corrected chi connectivity index (χ2v) is 8.76. The minimum Gasteiger partial charge on any atom is -0.326 e. The Hall–Kier alpha value is -2.63. The van der Waals surface area contributed by atoms with Crippen molar-refractivity contribution in [2.75, 3.05) is 25.9 Å². The highest BCUT2D eigenvalue weighted by atomic mass is 32.2. The first-order valence-electron chi connectivity index (χ1n) is 10.4. The largest absolute Gasteiger partial charge is 0.326 e. The first-order chi connectivity index (χ1) is 14.7. The number of likely N-dealkylation sites (N-methyl/N-ethyl adjacent to an activating group) is 1. The Morgan fingerprint density at radius 3 is 2.67 bits per heavy atom. The van der Waals surface area contributed by atoms with E-state index in [1.165, 1.54) is 21.5 Å². The number of benzene rings is 2. The van der Waals surface area contributed by atoms with Crippen LogP contribution in [0.25, 0.3) is 11.0 Å². The lowest BCUT2D eigenvalue weighted by Crippen LogP contribution is -2.24. The minimum absolute atomic E-state index is 0.852. The van der Waals surface area contributed by atoms with Crippen LogP contribution >= 0.6 is 11.8 Å². The third-order valence-corrected chi connectivity index (χ3v) is 6.61.